The zero-order chi connectivity index (χ0) is 27.8. The van der Waals surface area contributed by atoms with Gasteiger partial charge in [-0.2, -0.15) is 0 Å². The van der Waals surface area contributed by atoms with Crippen LogP contribution in [0.15, 0.2) is 0 Å². The van der Waals surface area contributed by atoms with Crippen LogP contribution in [0.3, 0.4) is 0 Å². The molecule has 0 rings (SSSR count). The van der Waals surface area contributed by atoms with Crippen LogP contribution in [0.5, 0.6) is 0 Å². The van der Waals surface area contributed by atoms with Crippen LogP contribution in [0, 0.1) is 0 Å². The van der Waals surface area contributed by atoms with Gasteiger partial charge in [0.2, 0.25) is 0 Å². The van der Waals surface area contributed by atoms with Crippen LogP contribution in [0.1, 0.15) is 219 Å². The molecule has 2 N–H and O–H groups in total. The second-order valence-electron chi connectivity index (χ2n) is 12.8. The minimum absolute atomic E-state index is 0.0653. The van der Waals surface area contributed by atoms with Gasteiger partial charge in [-0.15, -0.1) is 0 Å². The van der Waals surface area contributed by atoms with Crippen molar-refractivity contribution in [2.24, 2.45) is 0 Å². The van der Waals surface area contributed by atoms with Gasteiger partial charge in [0.1, 0.15) is 0 Å². The Hall–Kier alpha value is -0.0800. The molecule has 0 bridgehead atoms. The van der Waals surface area contributed by atoms with E-state index in [2.05, 4.69) is 13.8 Å². The molecule has 0 saturated carbocycles. The molecule has 0 aliphatic rings. The second kappa shape index (κ2) is 31.4. The van der Waals surface area contributed by atoms with Gasteiger partial charge in [-0.05, 0) is 12.8 Å². The van der Waals surface area contributed by atoms with E-state index in [4.69, 9.17) is 0 Å². The lowest BCUT2D eigenvalue weighted by Crippen LogP contribution is -2.33. The number of rotatable bonds is 33. The predicted octanol–water partition coefficient (Wildman–Crippen LogP) is 12.2. The Bertz CT molecular complexity index is 424. The third kappa shape index (κ3) is 28.9. The van der Waals surface area contributed by atoms with Gasteiger partial charge in [0.05, 0.1) is 12.2 Å². The van der Waals surface area contributed by atoms with E-state index in [1.165, 1.54) is 180 Å². The van der Waals surface area contributed by atoms with Gasteiger partial charge < -0.3 is 10.2 Å². The van der Waals surface area contributed by atoms with Crippen LogP contribution >= 0.6 is 0 Å². The minimum Gasteiger partial charge on any atom is -0.393 e. The largest absolute Gasteiger partial charge is 0.393 e. The number of aliphatic hydroxyl groups is 2. The number of hydrogen-bond donors (Lipinski definition) is 2. The molecule has 2 heteroatoms. The summed E-state index contributed by atoms with van der Waals surface area (Å²) in [5.41, 5.74) is -0.826. The smallest absolute Gasteiger partial charge is 0.0877 e. The van der Waals surface area contributed by atoms with Gasteiger partial charge in [-0.3, -0.25) is 0 Å². The highest BCUT2D eigenvalue weighted by molar-refractivity contribution is 4.77. The van der Waals surface area contributed by atoms with Crippen LogP contribution in [0.4, 0.5) is 0 Å². The first-order valence-electron chi connectivity index (χ1n) is 18.0. The molecule has 0 amide bonds. The average Bonchev–Trinajstić information content (AvgIpc) is 2.93. The minimum atomic E-state index is -0.826. The molecule has 0 saturated heterocycles. The van der Waals surface area contributed by atoms with Gasteiger partial charge in [0, 0.05) is 0 Å². The molecular formula is C36H74O2. The van der Waals surface area contributed by atoms with Gasteiger partial charge in [0.25, 0.3) is 0 Å². The van der Waals surface area contributed by atoms with Crippen molar-refractivity contribution in [3.8, 4) is 0 Å². The van der Waals surface area contributed by atoms with E-state index in [0.717, 1.165) is 25.7 Å². The Labute approximate surface area is 241 Å². The Morgan fingerprint density at radius 3 is 0.684 bits per heavy atom. The average molecular weight is 539 g/mol. The summed E-state index contributed by atoms with van der Waals surface area (Å²) in [6.45, 7) is 4.51. The van der Waals surface area contributed by atoms with Crippen molar-refractivity contribution in [1.82, 2.24) is 0 Å². The fourth-order valence-corrected chi connectivity index (χ4v) is 5.93. The maximum Gasteiger partial charge on any atom is 0.0877 e. The van der Waals surface area contributed by atoms with Crippen molar-refractivity contribution in [2.45, 2.75) is 225 Å². The highest BCUT2D eigenvalue weighted by atomic mass is 16.3. The summed E-state index contributed by atoms with van der Waals surface area (Å²) in [6.07, 6.45) is 42.5. The zero-order valence-electron chi connectivity index (χ0n) is 26.7. The molecule has 0 radical (unpaired) electrons. The summed E-state index contributed by atoms with van der Waals surface area (Å²) in [5.74, 6) is 0. The van der Waals surface area contributed by atoms with Crippen LogP contribution in [-0.2, 0) is 0 Å². The predicted molar refractivity (Wildman–Crippen MR) is 171 cm³/mol. The van der Waals surface area contributed by atoms with Crippen LogP contribution in [-0.4, -0.2) is 22.4 Å². The topological polar surface area (TPSA) is 40.5 Å². The first-order valence-corrected chi connectivity index (χ1v) is 18.0. The lowest BCUT2D eigenvalue weighted by molar-refractivity contribution is -0.0314. The summed E-state index contributed by atoms with van der Waals surface area (Å²) in [6, 6.07) is 0. The summed E-state index contributed by atoms with van der Waals surface area (Å²) < 4.78 is 0. The van der Waals surface area contributed by atoms with E-state index >= 15 is 0 Å². The first-order chi connectivity index (χ1) is 18.7. The van der Waals surface area contributed by atoms with Crippen molar-refractivity contribution < 1.29 is 10.2 Å². The third-order valence-electron chi connectivity index (χ3n) is 8.79. The molecule has 230 valence electrons. The highest BCUT2D eigenvalue weighted by Crippen LogP contribution is 2.23. The Kier molecular flexibility index (Phi) is 31.4. The molecule has 0 aliphatic carbocycles. The van der Waals surface area contributed by atoms with Crippen molar-refractivity contribution in [2.75, 3.05) is 6.61 Å². The van der Waals surface area contributed by atoms with Crippen molar-refractivity contribution in [1.29, 1.82) is 0 Å². The molecule has 0 aromatic rings. The lowest BCUT2D eigenvalue weighted by atomic mass is 9.90. The summed E-state index contributed by atoms with van der Waals surface area (Å²) in [4.78, 5) is 0. The molecule has 38 heavy (non-hydrogen) atoms. The monoisotopic (exact) mass is 539 g/mol. The molecule has 2 nitrogen and oxygen atoms in total. The van der Waals surface area contributed by atoms with Crippen molar-refractivity contribution >= 4 is 0 Å². The highest BCUT2D eigenvalue weighted by Gasteiger charge is 2.24. The van der Waals surface area contributed by atoms with E-state index in [9.17, 15) is 10.2 Å². The number of hydrogen-bond acceptors (Lipinski definition) is 2. The molecule has 0 fully saturated rings. The third-order valence-corrected chi connectivity index (χ3v) is 8.79. The van der Waals surface area contributed by atoms with E-state index in [1.54, 1.807) is 0 Å². The summed E-state index contributed by atoms with van der Waals surface area (Å²) >= 11 is 0. The summed E-state index contributed by atoms with van der Waals surface area (Å²) in [7, 11) is 0. The van der Waals surface area contributed by atoms with Crippen molar-refractivity contribution in [3.05, 3.63) is 0 Å². The lowest BCUT2D eigenvalue weighted by Gasteiger charge is -2.26. The first kappa shape index (κ1) is 37.9. The molecular weight excluding hydrogens is 464 g/mol. The SMILES string of the molecule is CCCCCCCCCCCCCCCCCCC(O)(CO)CCCCCCCCCCCCCCCC. The summed E-state index contributed by atoms with van der Waals surface area (Å²) in [5, 5.41) is 20.5. The van der Waals surface area contributed by atoms with Gasteiger partial charge in [-0.25, -0.2) is 0 Å². The number of unbranched alkanes of at least 4 members (excludes halogenated alkanes) is 28. The molecule has 0 aliphatic heterocycles. The van der Waals surface area contributed by atoms with E-state index in [1.807, 2.05) is 0 Å². The fourth-order valence-electron chi connectivity index (χ4n) is 5.93. The van der Waals surface area contributed by atoms with Crippen LogP contribution in [0.2, 0.25) is 0 Å². The molecule has 0 aromatic carbocycles. The van der Waals surface area contributed by atoms with E-state index in [-0.39, 0.29) is 6.61 Å². The Morgan fingerprint density at radius 2 is 0.500 bits per heavy atom. The molecule has 0 aromatic heterocycles. The standard InChI is InChI=1S/C36H74O2/c1-3-5-7-9-11-13-15-17-19-20-22-24-26-28-30-32-34-36(38,35-37)33-31-29-27-25-23-21-18-16-14-12-10-8-6-4-2/h37-38H,3-35H2,1-2H3. The van der Waals surface area contributed by atoms with E-state index < -0.39 is 5.60 Å². The van der Waals surface area contributed by atoms with Crippen LogP contribution in [0.25, 0.3) is 0 Å². The normalized spacial score (nSPS) is 13.3. The maximum absolute atomic E-state index is 10.8. The molecule has 1 unspecified atom stereocenters. The maximum atomic E-state index is 10.8. The fraction of sp³-hybridized carbons (Fsp3) is 1.00. The van der Waals surface area contributed by atoms with Crippen LogP contribution < -0.4 is 0 Å². The molecule has 1 atom stereocenters. The zero-order valence-corrected chi connectivity index (χ0v) is 26.7. The van der Waals surface area contributed by atoms with E-state index in [0.29, 0.717) is 0 Å². The van der Waals surface area contributed by atoms with Gasteiger partial charge >= 0.3 is 0 Å². The second-order valence-corrected chi connectivity index (χ2v) is 12.8. The number of aliphatic hydroxyl groups excluding tert-OH is 1. The molecule has 0 spiro atoms. The molecule has 0 heterocycles. The Balaban J connectivity index is 3.39. The van der Waals surface area contributed by atoms with Gasteiger partial charge in [-0.1, -0.05) is 206 Å². The van der Waals surface area contributed by atoms with Crippen molar-refractivity contribution in [3.63, 3.8) is 0 Å². The Morgan fingerprint density at radius 1 is 0.316 bits per heavy atom. The quantitative estimate of drug-likeness (QED) is 0.0815. The van der Waals surface area contributed by atoms with Gasteiger partial charge in [0.15, 0.2) is 0 Å².